The lowest BCUT2D eigenvalue weighted by molar-refractivity contribution is -0.113. The van der Waals surface area contributed by atoms with Crippen LogP contribution < -0.4 is 5.32 Å². The molecule has 1 amide bonds. The molecule has 1 N–H and O–H groups in total. The Morgan fingerprint density at radius 2 is 1.80 bits per heavy atom. The largest absolute Gasteiger partial charge is 0.411 e. The number of benzene rings is 2. The number of hydrogen-bond donors (Lipinski definition) is 1. The zero-order valence-electron chi connectivity index (χ0n) is 19.9. The molecule has 35 heavy (non-hydrogen) atoms. The molecule has 2 aromatic carbocycles. The van der Waals surface area contributed by atoms with Crippen LogP contribution in [0.2, 0.25) is 10.0 Å². The average Bonchev–Trinajstić information content (AvgIpc) is 3.26. The highest BCUT2D eigenvalue weighted by Crippen LogP contribution is 2.51. The van der Waals surface area contributed by atoms with Gasteiger partial charge >= 0.3 is 0 Å². The summed E-state index contributed by atoms with van der Waals surface area (Å²) in [7, 11) is 0. The molecule has 0 spiro atoms. The van der Waals surface area contributed by atoms with Crippen molar-refractivity contribution < 1.29 is 9.21 Å². The van der Waals surface area contributed by atoms with Crippen molar-refractivity contribution in [2.24, 2.45) is 17.8 Å². The Labute approximate surface area is 220 Å². The van der Waals surface area contributed by atoms with Crippen LogP contribution in [-0.2, 0) is 10.2 Å². The van der Waals surface area contributed by atoms with Crippen LogP contribution >= 0.6 is 35.0 Å². The number of rotatable bonds is 6. The lowest BCUT2D eigenvalue weighted by atomic mass is 9.57. The van der Waals surface area contributed by atoms with Gasteiger partial charge in [0.1, 0.15) is 0 Å². The van der Waals surface area contributed by atoms with Gasteiger partial charge in [0, 0.05) is 10.7 Å². The molecule has 2 bridgehead atoms. The summed E-state index contributed by atoms with van der Waals surface area (Å²) in [5.74, 6) is 2.89. The summed E-state index contributed by atoms with van der Waals surface area (Å²) < 4.78 is 5.66. The zero-order valence-corrected chi connectivity index (χ0v) is 22.2. The first-order chi connectivity index (χ1) is 16.8. The molecular formula is C27H29Cl2N3O2S. The van der Waals surface area contributed by atoms with Gasteiger partial charge < -0.3 is 9.73 Å². The summed E-state index contributed by atoms with van der Waals surface area (Å²) in [5, 5.41) is 12.3. The first-order valence-electron chi connectivity index (χ1n) is 12.1. The standard InChI is InChI=1S/C27H29Cl2N3O2S/c1-16-9-17-11-18(10-16)14-27(2,13-17)19-3-6-21(7-4-19)30-24(33)15-35-26-32-31-25(34-26)22-8-5-20(28)12-23(22)29/h3-8,12,16-18H,9-11,13-15H2,1-2H3,(H,30,33). The smallest absolute Gasteiger partial charge is 0.277 e. The number of halogens is 2. The second-order valence-corrected chi connectivity index (χ2v) is 12.2. The van der Waals surface area contributed by atoms with Gasteiger partial charge in [-0.05, 0) is 91.2 Å². The van der Waals surface area contributed by atoms with Crippen LogP contribution in [0.25, 0.3) is 11.5 Å². The molecule has 2 saturated carbocycles. The number of carbonyl (C=O) groups excluding carboxylic acids is 1. The number of thioether (sulfide) groups is 1. The third-order valence-electron chi connectivity index (χ3n) is 7.38. The molecule has 0 aliphatic heterocycles. The number of anilines is 1. The van der Waals surface area contributed by atoms with Gasteiger partial charge in [-0.1, -0.05) is 60.9 Å². The highest BCUT2D eigenvalue weighted by Gasteiger charge is 2.41. The Hall–Kier alpha value is -2.02. The third-order valence-corrected chi connectivity index (χ3v) is 8.74. The Kier molecular flexibility index (Phi) is 7.16. The molecular weight excluding hydrogens is 501 g/mol. The monoisotopic (exact) mass is 529 g/mol. The minimum absolute atomic E-state index is 0.126. The number of carbonyl (C=O) groups is 1. The summed E-state index contributed by atoms with van der Waals surface area (Å²) in [4.78, 5) is 12.5. The van der Waals surface area contributed by atoms with Gasteiger partial charge in [0.05, 0.1) is 16.3 Å². The number of nitrogens with one attached hydrogen (secondary N) is 1. The maximum Gasteiger partial charge on any atom is 0.277 e. The van der Waals surface area contributed by atoms with Crippen molar-refractivity contribution in [2.75, 3.05) is 11.1 Å². The second-order valence-electron chi connectivity index (χ2n) is 10.4. The first kappa shape index (κ1) is 24.7. The number of amides is 1. The fraction of sp³-hybridized carbons (Fsp3) is 0.444. The Balaban J connectivity index is 1.16. The van der Waals surface area contributed by atoms with Gasteiger partial charge in [-0.15, -0.1) is 10.2 Å². The fourth-order valence-corrected chi connectivity index (χ4v) is 7.20. The molecule has 0 saturated heterocycles. The van der Waals surface area contributed by atoms with E-state index in [0.717, 1.165) is 23.4 Å². The van der Waals surface area contributed by atoms with Crippen molar-refractivity contribution in [1.82, 2.24) is 10.2 Å². The Bertz CT molecular complexity index is 1200. The third kappa shape index (κ3) is 5.71. The first-order valence-corrected chi connectivity index (χ1v) is 13.8. The van der Waals surface area contributed by atoms with Crippen molar-refractivity contribution in [1.29, 1.82) is 0 Å². The van der Waals surface area contributed by atoms with Crippen LogP contribution in [0, 0.1) is 17.8 Å². The molecule has 184 valence electrons. The van der Waals surface area contributed by atoms with Crippen LogP contribution in [-0.4, -0.2) is 21.9 Å². The van der Waals surface area contributed by atoms with Crippen molar-refractivity contribution in [2.45, 2.75) is 56.6 Å². The molecule has 1 heterocycles. The minimum atomic E-state index is -0.126. The quantitative estimate of drug-likeness (QED) is 0.329. The van der Waals surface area contributed by atoms with Gasteiger partial charge in [0.2, 0.25) is 11.8 Å². The summed E-state index contributed by atoms with van der Waals surface area (Å²) in [6.07, 6.45) is 6.67. The van der Waals surface area contributed by atoms with Crippen LogP contribution in [0.1, 0.15) is 51.5 Å². The number of aromatic nitrogens is 2. The number of nitrogens with zero attached hydrogens (tertiary/aromatic N) is 2. The molecule has 3 aromatic rings. The van der Waals surface area contributed by atoms with Gasteiger partial charge in [0.25, 0.3) is 5.22 Å². The molecule has 5 nitrogen and oxygen atoms in total. The van der Waals surface area contributed by atoms with E-state index < -0.39 is 0 Å². The van der Waals surface area contributed by atoms with E-state index in [4.69, 9.17) is 27.6 Å². The summed E-state index contributed by atoms with van der Waals surface area (Å²) >= 11 is 13.3. The molecule has 2 unspecified atom stereocenters. The van der Waals surface area contributed by atoms with E-state index in [-0.39, 0.29) is 17.1 Å². The van der Waals surface area contributed by atoms with Crippen LogP contribution in [0.5, 0.6) is 0 Å². The van der Waals surface area contributed by atoms with Crippen molar-refractivity contribution in [3.63, 3.8) is 0 Å². The molecule has 8 heteroatoms. The topological polar surface area (TPSA) is 68.0 Å². The molecule has 1 aromatic heterocycles. The van der Waals surface area contributed by atoms with Gasteiger partial charge in [-0.3, -0.25) is 4.79 Å². The summed E-state index contributed by atoms with van der Waals surface area (Å²) in [5.41, 5.74) is 3.01. The second kappa shape index (κ2) is 10.2. The molecule has 2 aliphatic rings. The van der Waals surface area contributed by atoms with Crippen LogP contribution in [0.4, 0.5) is 5.69 Å². The molecule has 2 aliphatic carbocycles. The maximum atomic E-state index is 12.5. The lowest BCUT2D eigenvalue weighted by Crippen LogP contribution is -2.38. The van der Waals surface area contributed by atoms with Crippen LogP contribution in [0.15, 0.2) is 52.1 Å². The van der Waals surface area contributed by atoms with Crippen LogP contribution in [0.3, 0.4) is 0 Å². The Morgan fingerprint density at radius 1 is 1.09 bits per heavy atom. The molecule has 2 fully saturated rings. The molecule has 2 atom stereocenters. The SMILES string of the molecule is CC1CC2CC(C1)CC(C)(c1ccc(NC(=O)CSc3nnc(-c4ccc(Cl)cc4Cl)o3)cc1)C2. The van der Waals surface area contributed by atoms with E-state index in [1.54, 1.807) is 18.2 Å². The zero-order chi connectivity index (χ0) is 24.6. The highest BCUT2D eigenvalue weighted by molar-refractivity contribution is 7.99. The van der Waals surface area contributed by atoms with Crippen molar-refractivity contribution in [3.8, 4) is 11.5 Å². The van der Waals surface area contributed by atoms with E-state index in [2.05, 4.69) is 41.5 Å². The summed E-state index contributed by atoms with van der Waals surface area (Å²) in [6.45, 7) is 4.83. The molecule has 5 rings (SSSR count). The van der Waals surface area contributed by atoms with E-state index in [0.29, 0.717) is 26.7 Å². The van der Waals surface area contributed by atoms with Gasteiger partial charge in [-0.25, -0.2) is 0 Å². The van der Waals surface area contributed by atoms with Crippen molar-refractivity contribution in [3.05, 3.63) is 58.1 Å². The van der Waals surface area contributed by atoms with E-state index in [9.17, 15) is 4.79 Å². The van der Waals surface area contributed by atoms with E-state index >= 15 is 0 Å². The highest BCUT2D eigenvalue weighted by atomic mass is 35.5. The van der Waals surface area contributed by atoms with Gasteiger partial charge in [0.15, 0.2) is 0 Å². The minimum Gasteiger partial charge on any atom is -0.411 e. The fourth-order valence-electron chi connectivity index (χ4n) is 6.14. The predicted octanol–water partition coefficient (Wildman–Crippen LogP) is 7.88. The summed E-state index contributed by atoms with van der Waals surface area (Å²) in [6, 6.07) is 13.5. The maximum absolute atomic E-state index is 12.5. The van der Waals surface area contributed by atoms with Crippen molar-refractivity contribution >= 4 is 46.6 Å². The Morgan fingerprint density at radius 3 is 2.49 bits per heavy atom. The molecule has 0 radical (unpaired) electrons. The lowest BCUT2D eigenvalue weighted by Gasteiger charge is -2.47. The number of hydrogen-bond acceptors (Lipinski definition) is 5. The predicted molar refractivity (Wildman–Crippen MR) is 142 cm³/mol. The normalized spacial score (nSPS) is 25.9. The average molecular weight is 531 g/mol. The van der Waals surface area contributed by atoms with E-state index in [1.807, 2.05) is 12.1 Å². The van der Waals surface area contributed by atoms with E-state index in [1.165, 1.54) is 49.4 Å². The van der Waals surface area contributed by atoms with Gasteiger partial charge in [-0.2, -0.15) is 0 Å². The number of fused-ring (bicyclic) bond motifs is 2.